The molecule has 10 heteroatoms. The number of hydrogen-bond donors (Lipinski definition) is 1. The molecule has 1 aliphatic rings. The first-order chi connectivity index (χ1) is 21.0. The van der Waals surface area contributed by atoms with Gasteiger partial charge in [-0.1, -0.05) is 30.8 Å². The second-order valence-corrected chi connectivity index (χ2v) is 11.6. The molecule has 10 nitrogen and oxygen atoms in total. The third kappa shape index (κ3) is 5.37. The predicted molar refractivity (Wildman–Crippen MR) is 170 cm³/mol. The van der Waals surface area contributed by atoms with Crippen LogP contribution < -0.4 is 15.0 Å². The van der Waals surface area contributed by atoms with E-state index in [-0.39, 0.29) is 12.5 Å². The molecule has 3 aromatic heterocycles. The molecule has 222 valence electrons. The highest BCUT2D eigenvalue weighted by Gasteiger charge is 2.34. The van der Waals surface area contributed by atoms with E-state index in [1.807, 2.05) is 93.9 Å². The van der Waals surface area contributed by atoms with Crippen LogP contribution in [0.1, 0.15) is 32.0 Å². The number of amides is 2. The first-order valence-electron chi connectivity index (χ1n) is 14.1. The lowest BCUT2D eigenvalue weighted by Crippen LogP contribution is -2.37. The highest BCUT2D eigenvalue weighted by molar-refractivity contribution is 6.12. The fourth-order valence-corrected chi connectivity index (χ4v) is 5.40. The number of hydrogen-bond acceptors (Lipinski definition) is 7. The van der Waals surface area contributed by atoms with Crippen molar-refractivity contribution in [2.24, 2.45) is 7.05 Å². The molecule has 0 unspecified atom stereocenters. The van der Waals surface area contributed by atoms with Gasteiger partial charge >= 0.3 is 6.09 Å². The van der Waals surface area contributed by atoms with E-state index in [1.54, 1.807) is 11.0 Å². The summed E-state index contributed by atoms with van der Waals surface area (Å²) in [6.45, 7) is 11.1. The van der Waals surface area contributed by atoms with Crippen molar-refractivity contribution in [1.82, 2.24) is 19.5 Å². The Hall–Kier alpha value is -5.51. The van der Waals surface area contributed by atoms with Gasteiger partial charge in [-0.2, -0.15) is 0 Å². The molecule has 4 heterocycles. The van der Waals surface area contributed by atoms with Crippen LogP contribution in [0.2, 0.25) is 0 Å². The van der Waals surface area contributed by atoms with E-state index < -0.39 is 11.7 Å². The van der Waals surface area contributed by atoms with Gasteiger partial charge in [0.1, 0.15) is 23.3 Å². The molecule has 0 saturated heterocycles. The average Bonchev–Trinajstić information content (AvgIpc) is 3.18. The zero-order valence-corrected chi connectivity index (χ0v) is 25.2. The molecule has 1 aliphatic heterocycles. The molecule has 0 atom stereocenters. The maximum absolute atomic E-state index is 13.7. The fourth-order valence-electron chi connectivity index (χ4n) is 5.40. The average molecular weight is 589 g/mol. The molecule has 0 bridgehead atoms. The van der Waals surface area contributed by atoms with Gasteiger partial charge in [-0.3, -0.25) is 9.69 Å². The molecule has 2 amide bonds. The van der Waals surface area contributed by atoms with Crippen LogP contribution >= 0.6 is 0 Å². The normalized spacial score (nSPS) is 12.3. The quantitative estimate of drug-likeness (QED) is 0.217. The summed E-state index contributed by atoms with van der Waals surface area (Å²) < 4.78 is 14.0. The van der Waals surface area contributed by atoms with Crippen molar-refractivity contribution >= 4 is 34.5 Å². The number of rotatable bonds is 5. The van der Waals surface area contributed by atoms with Crippen LogP contribution in [0.5, 0.6) is 11.6 Å². The van der Waals surface area contributed by atoms with Crippen molar-refractivity contribution in [3.63, 3.8) is 0 Å². The Balaban J connectivity index is 1.58. The molecule has 0 saturated carbocycles. The number of fused-ring (bicyclic) bond motifs is 2. The van der Waals surface area contributed by atoms with Crippen molar-refractivity contribution < 1.29 is 19.1 Å². The molecule has 0 spiro atoms. The molecule has 5 aromatic rings. The van der Waals surface area contributed by atoms with Crippen LogP contribution in [0, 0.1) is 6.92 Å². The Morgan fingerprint density at radius 3 is 2.59 bits per heavy atom. The number of ether oxygens (including phenoxy) is 2. The number of pyridine rings is 1. The van der Waals surface area contributed by atoms with Crippen molar-refractivity contribution in [2.75, 3.05) is 10.2 Å². The molecular formula is C34H32N6O4. The molecule has 0 radical (unpaired) electrons. The predicted octanol–water partition coefficient (Wildman–Crippen LogP) is 7.18. The largest absolute Gasteiger partial charge is 0.443 e. The summed E-state index contributed by atoms with van der Waals surface area (Å²) in [5, 5.41) is 3.55. The van der Waals surface area contributed by atoms with Gasteiger partial charge in [0.25, 0.3) is 0 Å². The summed E-state index contributed by atoms with van der Waals surface area (Å²) in [6, 6.07) is 18.9. The van der Waals surface area contributed by atoms with Crippen molar-refractivity contribution in [1.29, 1.82) is 0 Å². The van der Waals surface area contributed by atoms with Crippen LogP contribution in [0.3, 0.4) is 0 Å². The minimum atomic E-state index is -0.721. The molecule has 2 aromatic carbocycles. The first kappa shape index (κ1) is 28.6. The monoisotopic (exact) mass is 588 g/mol. The second kappa shape index (κ2) is 11.0. The highest BCUT2D eigenvalue weighted by Crippen LogP contribution is 2.47. The van der Waals surface area contributed by atoms with E-state index in [0.29, 0.717) is 34.2 Å². The Bertz CT molecular complexity index is 1960. The smallest absolute Gasteiger partial charge is 0.416 e. The van der Waals surface area contributed by atoms with Gasteiger partial charge in [-0.15, -0.1) is 0 Å². The maximum atomic E-state index is 13.7. The number of anilines is 2. The van der Waals surface area contributed by atoms with E-state index in [0.717, 1.165) is 33.6 Å². The number of nitrogens with zero attached hydrogens (tertiary/aromatic N) is 5. The summed E-state index contributed by atoms with van der Waals surface area (Å²) in [5.74, 6) is 1.18. The molecule has 0 aliphatic carbocycles. The number of carbonyl (C=O) groups excluding carboxylic acids is 2. The van der Waals surface area contributed by atoms with Gasteiger partial charge in [0.15, 0.2) is 5.82 Å². The van der Waals surface area contributed by atoms with Crippen LogP contribution in [-0.2, 0) is 23.1 Å². The number of nitrogens with one attached hydrogen (secondary N) is 1. The summed E-state index contributed by atoms with van der Waals surface area (Å²) >= 11 is 0. The Morgan fingerprint density at radius 2 is 1.84 bits per heavy atom. The zero-order valence-electron chi connectivity index (χ0n) is 25.2. The number of aromatic nitrogens is 4. The van der Waals surface area contributed by atoms with Crippen LogP contribution in [0.4, 0.5) is 16.3 Å². The standard InChI is InChI=1S/C34H32N6O4/c1-7-26(41)38-23-12-9-11-21(16-23)30-28-25-15-14-24(43-27-13-8-10-20(2)37-27)17-22(25)18-40(33(42)44-34(3,4)5)32-29(28)31(39(30)6)35-19-36-32/h7-17,19H,1,18H2,2-6H3,(H,38,41). The van der Waals surface area contributed by atoms with Crippen LogP contribution in [0.25, 0.3) is 33.4 Å². The zero-order chi connectivity index (χ0) is 31.2. The van der Waals surface area contributed by atoms with Crippen molar-refractivity contribution in [3.8, 4) is 34.0 Å². The highest BCUT2D eigenvalue weighted by atomic mass is 16.6. The molecule has 1 N–H and O–H groups in total. The molecule has 6 rings (SSSR count). The molecular weight excluding hydrogens is 556 g/mol. The number of carbonyl (C=O) groups is 2. The first-order valence-corrected chi connectivity index (χ1v) is 14.1. The fraction of sp³-hybridized carbons (Fsp3) is 0.206. The summed E-state index contributed by atoms with van der Waals surface area (Å²) in [7, 11) is 1.92. The lowest BCUT2D eigenvalue weighted by atomic mass is 9.95. The number of benzene rings is 2. The molecule has 0 fully saturated rings. The number of aryl methyl sites for hydroxylation is 2. The Kier molecular flexibility index (Phi) is 7.12. The third-order valence-electron chi connectivity index (χ3n) is 7.17. The van der Waals surface area contributed by atoms with E-state index in [1.165, 1.54) is 12.4 Å². The van der Waals surface area contributed by atoms with Gasteiger partial charge in [0.2, 0.25) is 11.8 Å². The summed E-state index contributed by atoms with van der Waals surface area (Å²) in [6.07, 6.45) is 2.16. The lowest BCUT2D eigenvalue weighted by Gasteiger charge is -2.26. The van der Waals surface area contributed by atoms with Crippen molar-refractivity contribution in [3.05, 3.63) is 90.9 Å². The van der Waals surface area contributed by atoms with E-state index in [9.17, 15) is 9.59 Å². The van der Waals surface area contributed by atoms with Gasteiger partial charge in [-0.05, 0) is 75.2 Å². The summed E-state index contributed by atoms with van der Waals surface area (Å²) in [5.41, 5.74) is 5.63. The third-order valence-corrected chi connectivity index (χ3v) is 7.17. The van der Waals surface area contributed by atoms with Gasteiger partial charge in [0.05, 0.1) is 17.6 Å². The lowest BCUT2D eigenvalue weighted by molar-refractivity contribution is -0.111. The SMILES string of the molecule is C=CC(=O)Nc1cccc(-c2c3c4c(ncnc4n2C)N(C(=O)OC(C)(C)C)Cc2cc(Oc4cccc(C)n4)ccc2-3)c1. The van der Waals surface area contributed by atoms with E-state index in [2.05, 4.69) is 26.8 Å². The van der Waals surface area contributed by atoms with Gasteiger partial charge in [0, 0.05) is 35.6 Å². The Labute approximate surface area is 255 Å². The summed E-state index contributed by atoms with van der Waals surface area (Å²) in [4.78, 5) is 41.1. The second-order valence-electron chi connectivity index (χ2n) is 11.6. The van der Waals surface area contributed by atoms with Gasteiger partial charge < -0.3 is 19.4 Å². The van der Waals surface area contributed by atoms with E-state index >= 15 is 0 Å². The van der Waals surface area contributed by atoms with E-state index in [4.69, 9.17) is 9.47 Å². The van der Waals surface area contributed by atoms with Crippen LogP contribution in [-0.4, -0.2) is 37.1 Å². The minimum absolute atomic E-state index is 0.183. The van der Waals surface area contributed by atoms with Crippen molar-refractivity contribution in [2.45, 2.75) is 39.8 Å². The van der Waals surface area contributed by atoms with Crippen LogP contribution in [0.15, 0.2) is 79.6 Å². The minimum Gasteiger partial charge on any atom is -0.443 e. The topological polar surface area (TPSA) is 111 Å². The maximum Gasteiger partial charge on any atom is 0.416 e. The Morgan fingerprint density at radius 1 is 1.05 bits per heavy atom. The van der Waals surface area contributed by atoms with Gasteiger partial charge in [-0.25, -0.2) is 19.7 Å². The molecule has 44 heavy (non-hydrogen) atoms.